The van der Waals surface area contributed by atoms with Gasteiger partial charge in [0.25, 0.3) is 0 Å². The third-order valence-electron chi connectivity index (χ3n) is 3.95. The minimum Gasteiger partial charge on any atom is -0.461 e. The summed E-state index contributed by atoms with van der Waals surface area (Å²) >= 11 is 1.27. The lowest BCUT2D eigenvalue weighted by Gasteiger charge is -2.16. The number of aryl methyl sites for hydroxylation is 2. The van der Waals surface area contributed by atoms with E-state index in [1.54, 1.807) is 6.92 Å². The van der Waals surface area contributed by atoms with E-state index in [0.717, 1.165) is 29.7 Å². The fourth-order valence-electron chi connectivity index (χ4n) is 2.52. The summed E-state index contributed by atoms with van der Waals surface area (Å²) in [6.07, 6.45) is 3.13. The first kappa shape index (κ1) is 20.0. The van der Waals surface area contributed by atoms with Crippen molar-refractivity contribution in [1.29, 1.82) is 0 Å². The van der Waals surface area contributed by atoms with Crippen LogP contribution in [0.15, 0.2) is 29.6 Å². The molecule has 26 heavy (non-hydrogen) atoms. The number of aromatic amines is 1. The normalized spacial score (nSPS) is 11.8. The summed E-state index contributed by atoms with van der Waals surface area (Å²) in [7, 11) is 0. The number of thioether (sulfide) groups is 1. The van der Waals surface area contributed by atoms with Crippen molar-refractivity contribution in [2.45, 2.75) is 50.9 Å². The Labute approximate surface area is 158 Å². The van der Waals surface area contributed by atoms with E-state index in [2.05, 4.69) is 29.1 Å². The molecule has 1 aromatic heterocycles. The number of nitrogens with one attached hydrogen (secondary N) is 2. The molecule has 0 saturated heterocycles. The molecule has 2 aromatic rings. The number of carbonyl (C=O) groups excluding carboxylic acids is 2. The third-order valence-corrected chi connectivity index (χ3v) is 4.95. The molecule has 0 aliphatic rings. The van der Waals surface area contributed by atoms with Crippen molar-refractivity contribution in [3.63, 3.8) is 0 Å². The van der Waals surface area contributed by atoms with Crippen molar-refractivity contribution in [1.82, 2.24) is 9.97 Å². The third kappa shape index (κ3) is 4.88. The first-order valence-corrected chi connectivity index (χ1v) is 9.68. The molecule has 1 heterocycles. The second-order valence-electron chi connectivity index (χ2n) is 5.73. The number of carbonyl (C=O) groups is 2. The molecule has 0 saturated carbocycles. The van der Waals surface area contributed by atoms with E-state index in [1.807, 2.05) is 25.1 Å². The molecule has 0 spiro atoms. The van der Waals surface area contributed by atoms with Crippen molar-refractivity contribution >= 4 is 29.3 Å². The maximum Gasteiger partial charge on any atom is 0.356 e. The van der Waals surface area contributed by atoms with Gasteiger partial charge in [-0.1, -0.05) is 43.8 Å². The average Bonchev–Trinajstić information content (AvgIpc) is 3.10. The van der Waals surface area contributed by atoms with Crippen LogP contribution in [0, 0.1) is 0 Å². The molecule has 7 heteroatoms. The molecule has 0 aliphatic carbocycles. The highest BCUT2D eigenvalue weighted by Gasteiger charge is 2.19. The number of rotatable bonds is 8. The topological polar surface area (TPSA) is 84.1 Å². The number of ether oxygens (including phenoxy) is 1. The van der Waals surface area contributed by atoms with E-state index in [-0.39, 0.29) is 16.9 Å². The number of H-pyrrole nitrogens is 1. The number of hydrogen-bond donors (Lipinski definition) is 2. The summed E-state index contributed by atoms with van der Waals surface area (Å²) < 4.78 is 4.93. The van der Waals surface area contributed by atoms with Crippen LogP contribution in [-0.2, 0) is 22.4 Å². The molecule has 140 valence electrons. The Hall–Kier alpha value is -2.28. The molecule has 0 aliphatic heterocycles. The number of nitrogens with zero attached hydrogens (tertiary/aromatic N) is 1. The van der Waals surface area contributed by atoms with Crippen LogP contribution < -0.4 is 5.32 Å². The number of imidazole rings is 1. The largest absolute Gasteiger partial charge is 0.461 e. The van der Waals surface area contributed by atoms with E-state index >= 15 is 0 Å². The smallest absolute Gasteiger partial charge is 0.356 e. The van der Waals surface area contributed by atoms with E-state index in [4.69, 9.17) is 4.74 Å². The van der Waals surface area contributed by atoms with E-state index in [1.165, 1.54) is 18.0 Å². The van der Waals surface area contributed by atoms with E-state index in [0.29, 0.717) is 11.8 Å². The van der Waals surface area contributed by atoms with Gasteiger partial charge < -0.3 is 15.0 Å². The zero-order valence-corrected chi connectivity index (χ0v) is 16.4. The molecule has 2 rings (SSSR count). The molecule has 6 nitrogen and oxygen atoms in total. The number of para-hydroxylation sites is 1. The van der Waals surface area contributed by atoms with Gasteiger partial charge in [-0.25, -0.2) is 9.78 Å². The molecule has 0 radical (unpaired) electrons. The number of hydrogen-bond acceptors (Lipinski definition) is 5. The van der Waals surface area contributed by atoms with Gasteiger partial charge in [-0.15, -0.1) is 0 Å². The Morgan fingerprint density at radius 2 is 1.88 bits per heavy atom. The monoisotopic (exact) mass is 375 g/mol. The van der Waals surface area contributed by atoms with Gasteiger partial charge >= 0.3 is 5.97 Å². The SMILES string of the molecule is CCOC(=O)c1cnc(SC(C)C(=O)Nc2c(CC)cccc2CC)[nH]1. The second-order valence-corrected chi connectivity index (χ2v) is 7.06. The Bertz CT molecular complexity index is 751. The lowest BCUT2D eigenvalue weighted by atomic mass is 10.0. The van der Waals surface area contributed by atoms with E-state index in [9.17, 15) is 9.59 Å². The lowest BCUT2D eigenvalue weighted by molar-refractivity contribution is -0.115. The molecular formula is C19H25N3O3S. The van der Waals surface area contributed by atoms with Crippen molar-refractivity contribution in [3.05, 3.63) is 41.2 Å². The number of anilines is 1. The summed E-state index contributed by atoms with van der Waals surface area (Å²) in [4.78, 5) is 31.3. The van der Waals surface area contributed by atoms with Gasteiger partial charge in [0, 0.05) is 5.69 Å². The van der Waals surface area contributed by atoms with Crippen LogP contribution in [0.1, 0.15) is 49.3 Å². The molecule has 0 fully saturated rings. The maximum atomic E-state index is 12.6. The first-order chi connectivity index (χ1) is 12.5. The standard InChI is InChI=1S/C19H25N3O3S/c1-5-13-9-8-10-14(6-2)16(13)22-17(23)12(4)26-19-20-11-15(21-19)18(24)25-7-3/h8-12H,5-7H2,1-4H3,(H,20,21)(H,22,23). The fourth-order valence-corrected chi connectivity index (χ4v) is 3.31. The van der Waals surface area contributed by atoms with Gasteiger partial charge in [-0.2, -0.15) is 0 Å². The van der Waals surface area contributed by atoms with Crippen molar-refractivity contribution in [2.75, 3.05) is 11.9 Å². The molecule has 2 N–H and O–H groups in total. The zero-order chi connectivity index (χ0) is 19.1. The maximum absolute atomic E-state index is 12.6. The highest BCUT2D eigenvalue weighted by atomic mass is 32.2. The zero-order valence-electron chi connectivity index (χ0n) is 15.6. The minimum atomic E-state index is -0.451. The quantitative estimate of drug-likeness (QED) is 0.541. The number of benzene rings is 1. The Balaban J connectivity index is 2.06. The average molecular weight is 375 g/mol. The van der Waals surface area contributed by atoms with Crippen LogP contribution in [0.5, 0.6) is 0 Å². The van der Waals surface area contributed by atoms with Crippen molar-refractivity contribution in [3.8, 4) is 0 Å². The Kier molecular flexibility index (Phi) is 7.26. The van der Waals surface area contributed by atoms with Crippen molar-refractivity contribution < 1.29 is 14.3 Å². The molecule has 1 atom stereocenters. The van der Waals surface area contributed by atoms with Crippen molar-refractivity contribution in [2.24, 2.45) is 0 Å². The molecular weight excluding hydrogens is 350 g/mol. The number of amides is 1. The summed E-state index contributed by atoms with van der Waals surface area (Å²) in [6, 6.07) is 6.08. The number of esters is 1. The molecule has 1 aromatic carbocycles. The Morgan fingerprint density at radius 1 is 1.23 bits per heavy atom. The summed E-state index contributed by atoms with van der Waals surface area (Å²) in [6.45, 7) is 8.00. The summed E-state index contributed by atoms with van der Waals surface area (Å²) in [5, 5.41) is 3.20. The highest BCUT2D eigenvalue weighted by molar-refractivity contribution is 8.00. The van der Waals surface area contributed by atoms with Gasteiger partial charge in [-0.05, 0) is 37.8 Å². The van der Waals surface area contributed by atoms with Gasteiger partial charge in [0.1, 0.15) is 5.69 Å². The van der Waals surface area contributed by atoms with Gasteiger partial charge in [-0.3, -0.25) is 4.79 Å². The van der Waals surface area contributed by atoms with Gasteiger partial charge in [0.15, 0.2) is 5.16 Å². The van der Waals surface area contributed by atoms with Crippen LogP contribution in [-0.4, -0.2) is 33.7 Å². The predicted molar refractivity (Wildman–Crippen MR) is 104 cm³/mol. The molecule has 0 bridgehead atoms. The first-order valence-electron chi connectivity index (χ1n) is 8.80. The fraction of sp³-hybridized carbons (Fsp3) is 0.421. The molecule has 1 unspecified atom stereocenters. The molecule has 1 amide bonds. The Morgan fingerprint density at radius 3 is 2.46 bits per heavy atom. The second kappa shape index (κ2) is 9.43. The van der Waals surface area contributed by atoms with Gasteiger partial charge in [0.05, 0.1) is 18.1 Å². The summed E-state index contributed by atoms with van der Waals surface area (Å²) in [5.41, 5.74) is 3.43. The lowest BCUT2D eigenvalue weighted by Crippen LogP contribution is -2.24. The van der Waals surface area contributed by atoms with Crippen LogP contribution in [0.4, 0.5) is 5.69 Å². The number of aromatic nitrogens is 2. The van der Waals surface area contributed by atoms with Crippen LogP contribution >= 0.6 is 11.8 Å². The van der Waals surface area contributed by atoms with Crippen LogP contribution in [0.3, 0.4) is 0 Å². The van der Waals surface area contributed by atoms with Gasteiger partial charge in [0.2, 0.25) is 5.91 Å². The highest BCUT2D eigenvalue weighted by Crippen LogP contribution is 2.26. The van der Waals surface area contributed by atoms with Crippen LogP contribution in [0.2, 0.25) is 0 Å². The van der Waals surface area contributed by atoms with E-state index < -0.39 is 5.97 Å². The van der Waals surface area contributed by atoms with Crippen LogP contribution in [0.25, 0.3) is 0 Å². The minimum absolute atomic E-state index is 0.0975. The summed E-state index contributed by atoms with van der Waals surface area (Å²) in [5.74, 6) is -0.548. The predicted octanol–water partition coefficient (Wildman–Crippen LogP) is 3.83.